The first kappa shape index (κ1) is 20.1. The molecule has 9 heteroatoms. The average Bonchev–Trinajstić information content (AvgIpc) is 2.60. The van der Waals surface area contributed by atoms with E-state index in [1.54, 1.807) is 31.2 Å². The summed E-state index contributed by atoms with van der Waals surface area (Å²) in [7, 11) is -4.25. The van der Waals surface area contributed by atoms with Gasteiger partial charge in [0.25, 0.3) is 15.8 Å². The van der Waals surface area contributed by atoms with E-state index in [2.05, 4.69) is 0 Å². The molecule has 0 aliphatic heterocycles. The fourth-order valence-corrected chi connectivity index (χ4v) is 3.23. The fraction of sp³-hybridized carbons (Fsp3) is 0.111. The summed E-state index contributed by atoms with van der Waals surface area (Å²) < 4.78 is 31.5. The minimum atomic E-state index is -4.25. The molecular weight excluding hydrogens is 370 g/mol. The van der Waals surface area contributed by atoms with E-state index in [0.29, 0.717) is 16.8 Å². The number of rotatable bonds is 2. The van der Waals surface area contributed by atoms with Gasteiger partial charge in [-0.3, -0.25) is 14.7 Å². The van der Waals surface area contributed by atoms with Gasteiger partial charge in [0, 0.05) is 28.9 Å². The van der Waals surface area contributed by atoms with Crippen molar-refractivity contribution in [2.75, 3.05) is 11.5 Å². The molecule has 0 saturated carbocycles. The number of nitrogen functional groups attached to an aromatic ring is 2. The molecule has 3 aromatic rings. The van der Waals surface area contributed by atoms with Crippen LogP contribution in [0.1, 0.15) is 11.1 Å². The molecule has 27 heavy (non-hydrogen) atoms. The number of benzene rings is 3. The number of nitro groups is 1. The first-order valence-corrected chi connectivity index (χ1v) is 9.22. The number of nitro benzene ring substituents is 1. The van der Waals surface area contributed by atoms with Crippen LogP contribution in [-0.4, -0.2) is 17.9 Å². The highest BCUT2D eigenvalue weighted by molar-refractivity contribution is 7.86. The molecule has 0 spiro atoms. The number of aryl methyl sites for hydroxylation is 2. The van der Waals surface area contributed by atoms with Gasteiger partial charge in [0.15, 0.2) is 0 Å². The number of fused-ring (bicyclic) bond motifs is 1. The fourth-order valence-electron chi connectivity index (χ4n) is 2.49. The minimum absolute atomic E-state index is 0.0803. The first-order chi connectivity index (χ1) is 12.5. The van der Waals surface area contributed by atoms with E-state index in [1.807, 2.05) is 6.92 Å². The van der Waals surface area contributed by atoms with Gasteiger partial charge < -0.3 is 11.5 Å². The molecule has 3 rings (SSSR count). The molecule has 0 aromatic heterocycles. The quantitative estimate of drug-likeness (QED) is 0.263. The predicted octanol–water partition coefficient (Wildman–Crippen LogP) is 3.46. The zero-order valence-corrected chi connectivity index (χ0v) is 15.5. The Bertz CT molecular complexity index is 1130. The maximum absolute atomic E-state index is 11.2. The zero-order valence-electron chi connectivity index (χ0n) is 14.7. The number of nitrogens with zero attached hydrogens (tertiary/aromatic N) is 1. The van der Waals surface area contributed by atoms with Crippen LogP contribution in [0.4, 0.5) is 17.1 Å². The van der Waals surface area contributed by atoms with Crippen molar-refractivity contribution >= 4 is 38.0 Å². The molecule has 0 atom stereocenters. The standard InChI is InChI=1S/C11H11NO3S.C7H8N2O2/c1-7-8-4-2-3-5-9(8)11(6-10(7)12)16(13,14)15;1-5-4-6(9(10)11)2-3-7(5)8/h2-6H,12H2,1H3,(H,13,14,15);2-4H,8H2,1H3. The summed E-state index contributed by atoms with van der Waals surface area (Å²) in [5.74, 6) is 0. The SMILES string of the molecule is Cc1c(N)cc(S(=O)(=O)O)c2ccccc12.Cc1cc([N+](=O)[O-])ccc1N. The third-order valence-corrected chi connectivity index (χ3v) is 4.95. The molecule has 0 radical (unpaired) electrons. The summed E-state index contributed by atoms with van der Waals surface area (Å²) >= 11 is 0. The second-order valence-electron chi connectivity index (χ2n) is 5.91. The van der Waals surface area contributed by atoms with Crippen LogP contribution < -0.4 is 11.5 Å². The first-order valence-electron chi connectivity index (χ1n) is 7.78. The normalized spacial score (nSPS) is 10.9. The van der Waals surface area contributed by atoms with Gasteiger partial charge in [-0.2, -0.15) is 8.42 Å². The molecule has 0 aliphatic rings. The Morgan fingerprint density at radius 2 is 1.56 bits per heavy atom. The van der Waals surface area contributed by atoms with Crippen LogP contribution in [0.15, 0.2) is 53.4 Å². The van der Waals surface area contributed by atoms with Gasteiger partial charge in [-0.25, -0.2) is 0 Å². The highest BCUT2D eigenvalue weighted by Crippen LogP contribution is 2.29. The third-order valence-electron chi connectivity index (χ3n) is 4.06. The number of hydrogen-bond acceptors (Lipinski definition) is 6. The minimum Gasteiger partial charge on any atom is -0.399 e. The van der Waals surface area contributed by atoms with Crippen molar-refractivity contribution in [2.45, 2.75) is 18.7 Å². The molecule has 0 unspecified atom stereocenters. The zero-order chi connectivity index (χ0) is 20.4. The van der Waals surface area contributed by atoms with Crippen LogP contribution in [0.25, 0.3) is 10.8 Å². The summed E-state index contributed by atoms with van der Waals surface area (Å²) in [4.78, 5) is 9.64. The number of nitrogens with two attached hydrogens (primary N) is 2. The molecule has 0 saturated heterocycles. The Morgan fingerprint density at radius 3 is 2.07 bits per heavy atom. The van der Waals surface area contributed by atoms with E-state index in [4.69, 9.17) is 16.0 Å². The Kier molecular flexibility index (Phi) is 5.67. The summed E-state index contributed by atoms with van der Waals surface area (Å²) in [5, 5.41) is 11.4. The molecule has 0 amide bonds. The number of non-ortho nitro benzene ring substituents is 1. The van der Waals surface area contributed by atoms with Gasteiger partial charge in [0.05, 0.1) is 4.92 Å². The van der Waals surface area contributed by atoms with Crippen LogP contribution in [0.5, 0.6) is 0 Å². The van der Waals surface area contributed by atoms with Crippen LogP contribution in [0.2, 0.25) is 0 Å². The Labute approximate surface area is 156 Å². The largest absolute Gasteiger partial charge is 0.399 e. The molecule has 3 aromatic carbocycles. The van der Waals surface area contributed by atoms with Gasteiger partial charge in [0.2, 0.25) is 0 Å². The molecule has 0 fully saturated rings. The monoisotopic (exact) mass is 389 g/mol. The van der Waals surface area contributed by atoms with Crippen LogP contribution in [-0.2, 0) is 10.1 Å². The van der Waals surface area contributed by atoms with Gasteiger partial charge in [0.1, 0.15) is 4.90 Å². The maximum atomic E-state index is 11.2. The smallest absolute Gasteiger partial charge is 0.295 e. The third kappa shape index (κ3) is 4.52. The van der Waals surface area contributed by atoms with Crippen molar-refractivity contribution < 1.29 is 17.9 Å². The van der Waals surface area contributed by atoms with E-state index >= 15 is 0 Å². The summed E-state index contributed by atoms with van der Waals surface area (Å²) in [5.41, 5.74) is 13.7. The average molecular weight is 389 g/mol. The highest BCUT2D eigenvalue weighted by Gasteiger charge is 2.16. The van der Waals surface area contributed by atoms with Gasteiger partial charge in [-0.1, -0.05) is 24.3 Å². The van der Waals surface area contributed by atoms with Crippen molar-refractivity contribution in [3.63, 3.8) is 0 Å². The molecule has 5 N–H and O–H groups in total. The van der Waals surface area contributed by atoms with E-state index in [1.165, 1.54) is 24.3 Å². The number of anilines is 2. The van der Waals surface area contributed by atoms with Crippen LogP contribution in [0.3, 0.4) is 0 Å². The molecule has 0 bridgehead atoms. The maximum Gasteiger partial charge on any atom is 0.295 e. The Morgan fingerprint density at radius 1 is 0.963 bits per heavy atom. The lowest BCUT2D eigenvalue weighted by Gasteiger charge is -2.09. The lowest BCUT2D eigenvalue weighted by Crippen LogP contribution is -2.02. The molecule has 8 nitrogen and oxygen atoms in total. The topological polar surface area (TPSA) is 150 Å². The van der Waals surface area contributed by atoms with Crippen molar-refractivity contribution in [2.24, 2.45) is 0 Å². The second-order valence-corrected chi connectivity index (χ2v) is 7.30. The van der Waals surface area contributed by atoms with Crippen molar-refractivity contribution in [1.29, 1.82) is 0 Å². The van der Waals surface area contributed by atoms with Gasteiger partial charge >= 0.3 is 0 Å². The Balaban J connectivity index is 0.000000208. The molecular formula is C18H19N3O5S. The lowest BCUT2D eigenvalue weighted by atomic mass is 10.0. The van der Waals surface area contributed by atoms with Crippen LogP contribution >= 0.6 is 0 Å². The van der Waals surface area contributed by atoms with Crippen molar-refractivity contribution in [1.82, 2.24) is 0 Å². The van der Waals surface area contributed by atoms with Crippen LogP contribution in [0, 0.1) is 24.0 Å². The van der Waals surface area contributed by atoms with Gasteiger partial charge in [-0.05, 0) is 42.5 Å². The number of hydrogen-bond donors (Lipinski definition) is 3. The van der Waals surface area contributed by atoms with E-state index < -0.39 is 15.0 Å². The van der Waals surface area contributed by atoms with Crippen molar-refractivity contribution in [3.05, 3.63) is 69.8 Å². The van der Waals surface area contributed by atoms with Gasteiger partial charge in [-0.15, -0.1) is 0 Å². The predicted molar refractivity (Wildman–Crippen MR) is 105 cm³/mol. The van der Waals surface area contributed by atoms with E-state index in [9.17, 15) is 18.5 Å². The highest BCUT2D eigenvalue weighted by atomic mass is 32.2. The molecule has 0 aliphatic carbocycles. The summed E-state index contributed by atoms with van der Waals surface area (Å²) in [6.07, 6.45) is 0. The summed E-state index contributed by atoms with van der Waals surface area (Å²) in [6.45, 7) is 3.55. The summed E-state index contributed by atoms with van der Waals surface area (Å²) in [6, 6.07) is 12.6. The van der Waals surface area contributed by atoms with Crippen molar-refractivity contribution in [3.8, 4) is 0 Å². The van der Waals surface area contributed by atoms with E-state index in [0.717, 1.165) is 16.5 Å². The Hall–Kier alpha value is -3.17. The lowest BCUT2D eigenvalue weighted by molar-refractivity contribution is -0.384. The van der Waals surface area contributed by atoms with E-state index in [-0.39, 0.29) is 10.6 Å². The second kappa shape index (κ2) is 7.60. The molecule has 142 valence electrons. The molecule has 0 heterocycles.